The van der Waals surface area contributed by atoms with E-state index in [1.54, 1.807) is 7.11 Å². The first-order chi connectivity index (χ1) is 9.02. The summed E-state index contributed by atoms with van der Waals surface area (Å²) in [5.74, 6) is -0.0646. The molecule has 4 atom stereocenters. The molecule has 0 bridgehead atoms. The van der Waals surface area contributed by atoms with Crippen molar-refractivity contribution in [2.24, 2.45) is 0 Å². The SMILES string of the molecule is COc1ccc(C2NC(C(=O)O)CS(=O)C2C)cc1. The number of hydrogen-bond acceptors (Lipinski definition) is 4. The molecule has 6 heteroatoms. The normalized spacial score (nSPS) is 30.8. The van der Waals surface area contributed by atoms with Crippen molar-refractivity contribution in [1.82, 2.24) is 5.32 Å². The van der Waals surface area contributed by atoms with Crippen molar-refractivity contribution >= 4 is 16.8 Å². The van der Waals surface area contributed by atoms with Gasteiger partial charge in [-0.1, -0.05) is 12.1 Å². The summed E-state index contributed by atoms with van der Waals surface area (Å²) in [6.45, 7) is 1.87. The van der Waals surface area contributed by atoms with Gasteiger partial charge in [0.25, 0.3) is 0 Å². The molecule has 0 aromatic heterocycles. The van der Waals surface area contributed by atoms with Gasteiger partial charge in [0.05, 0.1) is 12.4 Å². The zero-order valence-electron chi connectivity index (χ0n) is 10.8. The molecule has 19 heavy (non-hydrogen) atoms. The van der Waals surface area contributed by atoms with Crippen molar-refractivity contribution in [3.8, 4) is 5.75 Å². The Bertz CT molecular complexity index is 488. The largest absolute Gasteiger partial charge is 0.497 e. The van der Waals surface area contributed by atoms with Gasteiger partial charge in [-0.2, -0.15) is 0 Å². The fourth-order valence-corrected chi connectivity index (χ4v) is 3.60. The van der Waals surface area contributed by atoms with Crippen molar-refractivity contribution in [2.75, 3.05) is 12.9 Å². The molecule has 2 rings (SSSR count). The van der Waals surface area contributed by atoms with Gasteiger partial charge < -0.3 is 9.84 Å². The second kappa shape index (κ2) is 5.71. The summed E-state index contributed by atoms with van der Waals surface area (Å²) in [6, 6.07) is 6.39. The molecule has 1 aliphatic heterocycles. The Hall–Kier alpha value is -1.40. The number of benzene rings is 1. The van der Waals surface area contributed by atoms with Crippen LogP contribution in [0.25, 0.3) is 0 Å². The number of carboxylic acid groups (broad SMARTS) is 1. The quantitative estimate of drug-likeness (QED) is 0.863. The summed E-state index contributed by atoms with van der Waals surface area (Å²) in [4.78, 5) is 11.1. The first-order valence-corrected chi connectivity index (χ1v) is 7.41. The average molecular weight is 283 g/mol. The maximum Gasteiger partial charge on any atom is 0.321 e. The third-order valence-corrected chi connectivity index (χ3v) is 5.13. The molecule has 1 heterocycles. The predicted molar refractivity (Wildman–Crippen MR) is 72.8 cm³/mol. The lowest BCUT2D eigenvalue weighted by Gasteiger charge is -2.33. The Balaban J connectivity index is 2.24. The number of nitrogens with one attached hydrogen (secondary N) is 1. The Labute approximate surface area is 114 Å². The van der Waals surface area contributed by atoms with Crippen molar-refractivity contribution in [3.05, 3.63) is 29.8 Å². The molecular weight excluding hydrogens is 266 g/mol. The second-order valence-electron chi connectivity index (χ2n) is 4.56. The van der Waals surface area contributed by atoms with Crippen LogP contribution in [-0.4, -0.2) is 39.4 Å². The van der Waals surface area contributed by atoms with Gasteiger partial charge in [0, 0.05) is 22.6 Å². The van der Waals surface area contributed by atoms with Crippen LogP contribution in [0.4, 0.5) is 0 Å². The van der Waals surface area contributed by atoms with Gasteiger partial charge >= 0.3 is 5.97 Å². The van der Waals surface area contributed by atoms with Gasteiger partial charge in [-0.25, -0.2) is 0 Å². The number of rotatable bonds is 3. The first kappa shape index (κ1) is 14.0. The lowest BCUT2D eigenvalue weighted by Crippen LogP contribution is -2.52. The van der Waals surface area contributed by atoms with E-state index >= 15 is 0 Å². The summed E-state index contributed by atoms with van der Waals surface area (Å²) in [5, 5.41) is 12.0. The van der Waals surface area contributed by atoms with Crippen LogP contribution in [0.5, 0.6) is 5.75 Å². The lowest BCUT2D eigenvalue weighted by molar-refractivity contribution is -0.139. The summed E-state index contributed by atoms with van der Waals surface area (Å²) in [5.41, 5.74) is 0.924. The number of methoxy groups -OCH3 is 1. The third-order valence-electron chi connectivity index (χ3n) is 3.37. The summed E-state index contributed by atoms with van der Waals surface area (Å²) in [7, 11) is 0.441. The molecular formula is C13H17NO4S. The topological polar surface area (TPSA) is 75.6 Å². The molecule has 0 saturated carbocycles. The number of carboxylic acids is 1. The van der Waals surface area contributed by atoms with E-state index in [1.165, 1.54) is 0 Å². The Kier molecular flexibility index (Phi) is 4.21. The van der Waals surface area contributed by atoms with Gasteiger partial charge in [-0.05, 0) is 24.6 Å². The maximum atomic E-state index is 12.0. The van der Waals surface area contributed by atoms with Crippen molar-refractivity contribution in [1.29, 1.82) is 0 Å². The zero-order chi connectivity index (χ0) is 14.0. The van der Waals surface area contributed by atoms with Crippen LogP contribution in [0.1, 0.15) is 18.5 Å². The Morgan fingerprint density at radius 3 is 2.58 bits per heavy atom. The van der Waals surface area contributed by atoms with Crippen molar-refractivity contribution in [3.63, 3.8) is 0 Å². The maximum absolute atomic E-state index is 12.0. The van der Waals surface area contributed by atoms with E-state index in [1.807, 2.05) is 31.2 Å². The molecule has 1 aromatic rings. The van der Waals surface area contributed by atoms with Gasteiger partial charge in [0.1, 0.15) is 11.8 Å². The predicted octanol–water partition coefficient (Wildman–Crippen LogP) is 0.930. The van der Waals surface area contributed by atoms with Crippen LogP contribution in [0.2, 0.25) is 0 Å². The van der Waals surface area contributed by atoms with Crippen molar-refractivity contribution in [2.45, 2.75) is 24.3 Å². The van der Waals surface area contributed by atoms with E-state index in [2.05, 4.69) is 5.32 Å². The minimum Gasteiger partial charge on any atom is -0.497 e. The van der Waals surface area contributed by atoms with Crippen molar-refractivity contribution < 1.29 is 18.8 Å². The molecule has 0 amide bonds. The minimum atomic E-state index is -1.15. The summed E-state index contributed by atoms with van der Waals surface area (Å²) >= 11 is 0. The number of aliphatic carboxylic acids is 1. The van der Waals surface area contributed by atoms with E-state index in [0.717, 1.165) is 11.3 Å². The van der Waals surface area contributed by atoms with Crippen LogP contribution in [-0.2, 0) is 15.6 Å². The molecule has 1 aromatic carbocycles. The van der Waals surface area contributed by atoms with E-state index < -0.39 is 22.8 Å². The highest BCUT2D eigenvalue weighted by Crippen LogP contribution is 2.27. The number of hydrogen-bond donors (Lipinski definition) is 2. The lowest BCUT2D eigenvalue weighted by atomic mass is 10.0. The number of carbonyl (C=O) groups is 1. The summed E-state index contributed by atoms with van der Waals surface area (Å²) in [6.07, 6.45) is 0. The Morgan fingerprint density at radius 1 is 1.42 bits per heavy atom. The smallest absolute Gasteiger partial charge is 0.321 e. The van der Waals surface area contributed by atoms with Crippen LogP contribution in [0.15, 0.2) is 24.3 Å². The van der Waals surface area contributed by atoms with E-state index in [9.17, 15) is 9.00 Å². The highest BCUT2D eigenvalue weighted by atomic mass is 32.2. The molecule has 4 unspecified atom stereocenters. The monoisotopic (exact) mass is 283 g/mol. The molecule has 0 aliphatic carbocycles. The molecule has 1 aliphatic rings. The van der Waals surface area contributed by atoms with E-state index in [-0.39, 0.29) is 17.0 Å². The van der Waals surface area contributed by atoms with E-state index in [4.69, 9.17) is 9.84 Å². The first-order valence-electron chi connectivity index (χ1n) is 6.03. The zero-order valence-corrected chi connectivity index (χ0v) is 11.6. The van der Waals surface area contributed by atoms with Gasteiger partial charge in [-0.3, -0.25) is 14.3 Å². The highest BCUT2D eigenvalue weighted by molar-refractivity contribution is 7.85. The molecule has 0 radical (unpaired) electrons. The molecule has 2 N–H and O–H groups in total. The third kappa shape index (κ3) is 2.96. The molecule has 0 spiro atoms. The van der Waals surface area contributed by atoms with Gasteiger partial charge in [0.15, 0.2) is 0 Å². The van der Waals surface area contributed by atoms with Crippen LogP contribution in [0, 0.1) is 0 Å². The summed E-state index contributed by atoms with van der Waals surface area (Å²) < 4.78 is 17.1. The molecule has 1 fully saturated rings. The van der Waals surface area contributed by atoms with Gasteiger partial charge in [-0.15, -0.1) is 0 Å². The minimum absolute atomic E-state index is 0.121. The van der Waals surface area contributed by atoms with E-state index in [0.29, 0.717) is 0 Å². The number of ether oxygens (including phenoxy) is 1. The molecule has 1 saturated heterocycles. The van der Waals surface area contributed by atoms with Crippen LogP contribution in [0.3, 0.4) is 0 Å². The molecule has 5 nitrogen and oxygen atoms in total. The highest BCUT2D eigenvalue weighted by Gasteiger charge is 2.36. The second-order valence-corrected chi connectivity index (χ2v) is 6.40. The average Bonchev–Trinajstić information content (AvgIpc) is 2.41. The van der Waals surface area contributed by atoms with Crippen LogP contribution >= 0.6 is 0 Å². The van der Waals surface area contributed by atoms with Crippen LogP contribution < -0.4 is 10.1 Å². The Morgan fingerprint density at radius 2 is 2.05 bits per heavy atom. The standard InChI is InChI=1S/C13H17NO4S/c1-8-12(9-3-5-10(18-2)6-4-9)14-11(13(15)16)7-19(8)17/h3-6,8,11-12,14H,7H2,1-2H3,(H,15,16). The fraction of sp³-hybridized carbons (Fsp3) is 0.462. The molecule has 104 valence electrons. The van der Waals surface area contributed by atoms with Gasteiger partial charge in [0.2, 0.25) is 0 Å². The fourth-order valence-electron chi connectivity index (χ4n) is 2.19.